The van der Waals surface area contributed by atoms with Crippen molar-refractivity contribution in [2.24, 2.45) is 5.73 Å². The van der Waals surface area contributed by atoms with E-state index in [9.17, 15) is 4.79 Å². The molecule has 4 rings (SSSR count). The number of carbonyl (C=O) groups excluding carboxylic acids is 1. The van der Waals surface area contributed by atoms with Crippen molar-refractivity contribution < 1.29 is 9.32 Å². The van der Waals surface area contributed by atoms with Gasteiger partial charge in [0.15, 0.2) is 5.82 Å². The molecule has 1 saturated carbocycles. The summed E-state index contributed by atoms with van der Waals surface area (Å²) in [4.78, 5) is 19.4. The first-order valence-corrected chi connectivity index (χ1v) is 9.00. The zero-order valence-corrected chi connectivity index (χ0v) is 15.8. The van der Waals surface area contributed by atoms with Crippen LogP contribution < -0.4 is 10.6 Å². The van der Waals surface area contributed by atoms with Crippen LogP contribution in [0.4, 0.5) is 5.69 Å². The lowest BCUT2D eigenvalue weighted by Gasteiger charge is -2.34. The average Bonchev–Trinajstić information content (AvgIpc) is 3.30. The third-order valence-corrected chi connectivity index (χ3v) is 5.51. The summed E-state index contributed by atoms with van der Waals surface area (Å²) in [5, 5.41) is 5.95. The summed E-state index contributed by atoms with van der Waals surface area (Å²) >= 11 is 1.41. The maximum atomic E-state index is 12.7. The Kier molecular flexibility index (Phi) is 5.13. The van der Waals surface area contributed by atoms with E-state index < -0.39 is 5.54 Å². The first-order valence-electron chi connectivity index (χ1n) is 8.12. The largest absolute Gasteiger partial charge is 0.334 e. The highest BCUT2D eigenvalue weighted by Crippen LogP contribution is 2.38. The molecule has 1 aliphatic carbocycles. The second kappa shape index (κ2) is 7.19. The topological polar surface area (TPSA) is 85.2 Å². The zero-order chi connectivity index (χ0) is 17.4. The molecule has 1 fully saturated rings. The van der Waals surface area contributed by atoms with Crippen LogP contribution in [0.1, 0.15) is 34.8 Å². The Morgan fingerprint density at radius 3 is 2.69 bits per heavy atom. The van der Waals surface area contributed by atoms with Gasteiger partial charge in [0.2, 0.25) is 0 Å². The number of benzene rings is 1. The predicted molar refractivity (Wildman–Crippen MR) is 104 cm³/mol. The number of nitrogens with two attached hydrogens (primary N) is 1. The van der Waals surface area contributed by atoms with Crippen molar-refractivity contribution in [1.29, 1.82) is 0 Å². The smallest absolute Gasteiger partial charge is 0.268 e. The lowest BCUT2D eigenvalue weighted by molar-refractivity contribution is 0.0997. The minimum atomic E-state index is -0.477. The minimum absolute atomic E-state index is 0. The van der Waals surface area contributed by atoms with E-state index in [1.807, 2.05) is 41.8 Å². The number of hydrogen-bond donors (Lipinski definition) is 1. The van der Waals surface area contributed by atoms with E-state index in [2.05, 4.69) is 10.1 Å². The fourth-order valence-electron chi connectivity index (χ4n) is 2.94. The fourth-order valence-corrected chi connectivity index (χ4v) is 3.64. The fraction of sp³-hybridized carbons (Fsp3) is 0.278. The molecule has 0 aliphatic heterocycles. The molecule has 0 spiro atoms. The van der Waals surface area contributed by atoms with Crippen molar-refractivity contribution in [2.45, 2.75) is 24.8 Å². The molecule has 0 unspecified atom stereocenters. The molecule has 1 aromatic carbocycles. The minimum Gasteiger partial charge on any atom is -0.334 e. The van der Waals surface area contributed by atoms with E-state index in [1.165, 1.54) is 11.3 Å². The number of amides is 1. The Labute approximate surface area is 161 Å². The summed E-state index contributed by atoms with van der Waals surface area (Å²) in [5.74, 6) is 0.848. The highest BCUT2D eigenvalue weighted by Gasteiger charge is 2.39. The Hall–Kier alpha value is -2.22. The molecule has 0 atom stereocenters. The van der Waals surface area contributed by atoms with Crippen molar-refractivity contribution in [1.82, 2.24) is 10.1 Å². The van der Waals surface area contributed by atoms with Crippen molar-refractivity contribution in [2.75, 3.05) is 11.9 Å². The third kappa shape index (κ3) is 3.13. The highest BCUT2D eigenvalue weighted by molar-refractivity contribution is 7.12. The van der Waals surface area contributed by atoms with Crippen LogP contribution in [0.15, 0.2) is 46.3 Å². The number of aromatic nitrogens is 2. The molecule has 26 heavy (non-hydrogen) atoms. The van der Waals surface area contributed by atoms with Crippen LogP contribution in [0.5, 0.6) is 0 Å². The van der Waals surface area contributed by atoms with Gasteiger partial charge in [-0.2, -0.15) is 4.98 Å². The van der Waals surface area contributed by atoms with Crippen LogP contribution in [0.3, 0.4) is 0 Å². The summed E-state index contributed by atoms with van der Waals surface area (Å²) in [7, 11) is 1.74. The molecule has 3 aromatic rings. The second-order valence-corrected chi connectivity index (χ2v) is 7.24. The molecule has 136 valence electrons. The lowest BCUT2D eigenvalue weighted by Crippen LogP contribution is -2.44. The molecule has 2 aromatic heterocycles. The molecule has 1 amide bonds. The molecule has 1 aliphatic rings. The standard InChI is InChI=1S/C18H18N4O2S.ClH/c1-22(16(23)14-8-4-11-25-14)13-7-3-2-6-12(13)15-20-17(21-24-15)18(19)9-5-10-18;/h2-4,6-8,11H,5,9-10,19H2,1H3;1H. The highest BCUT2D eigenvalue weighted by atomic mass is 35.5. The van der Waals surface area contributed by atoms with Gasteiger partial charge in [0, 0.05) is 7.05 Å². The van der Waals surface area contributed by atoms with Crippen LogP contribution in [-0.2, 0) is 5.54 Å². The van der Waals surface area contributed by atoms with E-state index in [0.29, 0.717) is 16.6 Å². The number of nitrogens with zero attached hydrogens (tertiary/aromatic N) is 3. The Morgan fingerprint density at radius 2 is 2.04 bits per heavy atom. The average molecular weight is 391 g/mol. The van der Waals surface area contributed by atoms with Gasteiger partial charge >= 0.3 is 0 Å². The number of thiophene rings is 1. The molecule has 2 heterocycles. The summed E-state index contributed by atoms with van der Waals surface area (Å²) < 4.78 is 5.46. The van der Waals surface area contributed by atoms with Crippen LogP contribution in [0, 0.1) is 0 Å². The van der Waals surface area contributed by atoms with Crippen molar-refractivity contribution >= 4 is 35.3 Å². The number of hydrogen-bond acceptors (Lipinski definition) is 6. The first-order chi connectivity index (χ1) is 12.1. The summed E-state index contributed by atoms with van der Waals surface area (Å²) in [6.07, 6.45) is 2.81. The van der Waals surface area contributed by atoms with Gasteiger partial charge in [-0.15, -0.1) is 23.7 Å². The van der Waals surface area contributed by atoms with E-state index >= 15 is 0 Å². The molecule has 0 saturated heterocycles. The molecular formula is C18H19ClN4O2S. The zero-order valence-electron chi connectivity index (χ0n) is 14.2. The number of anilines is 1. The van der Waals surface area contributed by atoms with Gasteiger partial charge in [-0.05, 0) is 42.8 Å². The first kappa shape index (κ1) is 18.6. The van der Waals surface area contributed by atoms with Crippen LogP contribution in [0.2, 0.25) is 0 Å². The normalized spacial score (nSPS) is 15.0. The molecule has 0 radical (unpaired) electrons. The SMILES string of the molecule is CN(C(=O)c1cccs1)c1ccccc1-c1nc(C2(N)CCC2)no1.Cl. The van der Waals surface area contributed by atoms with Gasteiger partial charge in [-0.25, -0.2) is 0 Å². The third-order valence-electron chi connectivity index (χ3n) is 4.65. The van der Waals surface area contributed by atoms with Gasteiger partial charge in [-0.1, -0.05) is 23.4 Å². The molecular weight excluding hydrogens is 372 g/mol. The number of para-hydroxylation sites is 1. The van der Waals surface area contributed by atoms with Crippen molar-refractivity contribution in [3.05, 3.63) is 52.5 Å². The summed E-state index contributed by atoms with van der Waals surface area (Å²) in [5.41, 5.74) is 7.24. The summed E-state index contributed by atoms with van der Waals surface area (Å²) in [6, 6.07) is 11.2. The number of carbonyl (C=O) groups is 1. The Bertz CT molecular complexity index is 906. The lowest BCUT2D eigenvalue weighted by atomic mass is 9.77. The predicted octanol–water partition coefficient (Wildman–Crippen LogP) is 3.83. The molecule has 0 bridgehead atoms. The maximum Gasteiger partial charge on any atom is 0.268 e. The van der Waals surface area contributed by atoms with Crippen LogP contribution >= 0.6 is 23.7 Å². The van der Waals surface area contributed by atoms with E-state index in [4.69, 9.17) is 10.3 Å². The van der Waals surface area contributed by atoms with Gasteiger partial charge in [0.25, 0.3) is 11.8 Å². The molecule has 2 N–H and O–H groups in total. The van der Waals surface area contributed by atoms with Gasteiger partial charge in [-0.3, -0.25) is 4.79 Å². The van der Waals surface area contributed by atoms with E-state index in [0.717, 1.165) is 30.5 Å². The Morgan fingerprint density at radius 1 is 1.27 bits per heavy atom. The maximum absolute atomic E-state index is 12.7. The second-order valence-electron chi connectivity index (χ2n) is 6.29. The molecule has 6 nitrogen and oxygen atoms in total. The quantitative estimate of drug-likeness (QED) is 0.731. The van der Waals surface area contributed by atoms with Crippen LogP contribution in [0.25, 0.3) is 11.5 Å². The van der Waals surface area contributed by atoms with Gasteiger partial charge < -0.3 is 15.2 Å². The summed E-state index contributed by atoms with van der Waals surface area (Å²) in [6.45, 7) is 0. The number of rotatable bonds is 4. The van der Waals surface area contributed by atoms with Gasteiger partial charge in [0.05, 0.1) is 21.7 Å². The molecule has 8 heteroatoms. The Balaban J connectivity index is 0.00000196. The van der Waals surface area contributed by atoms with Crippen LogP contribution in [-0.4, -0.2) is 23.1 Å². The van der Waals surface area contributed by atoms with Crippen molar-refractivity contribution in [3.63, 3.8) is 0 Å². The number of halogens is 1. The van der Waals surface area contributed by atoms with Crippen molar-refractivity contribution in [3.8, 4) is 11.5 Å². The van der Waals surface area contributed by atoms with E-state index in [1.54, 1.807) is 11.9 Å². The van der Waals surface area contributed by atoms with E-state index in [-0.39, 0.29) is 18.3 Å². The van der Waals surface area contributed by atoms with Gasteiger partial charge in [0.1, 0.15) is 0 Å². The monoisotopic (exact) mass is 390 g/mol.